The average Bonchev–Trinajstić information content (AvgIpc) is 3.23. The zero-order valence-corrected chi connectivity index (χ0v) is 14.4. The van der Waals surface area contributed by atoms with E-state index in [0.29, 0.717) is 11.3 Å². The Bertz CT molecular complexity index is 766. The molecular weight excluding hydrogens is 326 g/mol. The molecule has 1 N–H and O–H groups in total. The Morgan fingerprint density at radius 2 is 2.16 bits per heavy atom. The second-order valence-electron chi connectivity index (χ2n) is 7.38. The number of epoxide rings is 1. The number of phenolic OH excluding ortho intramolecular Hbond substituents is 1. The predicted molar refractivity (Wildman–Crippen MR) is 86.0 cm³/mol. The number of esters is 1. The number of fused-ring (bicyclic) bond motifs is 4. The van der Waals surface area contributed by atoms with Gasteiger partial charge in [0.25, 0.3) is 0 Å². The molecule has 0 radical (unpaired) electrons. The lowest BCUT2D eigenvalue weighted by atomic mass is 9.69. The summed E-state index contributed by atoms with van der Waals surface area (Å²) >= 11 is 0. The van der Waals surface area contributed by atoms with Crippen molar-refractivity contribution >= 4 is 5.97 Å². The molecule has 1 saturated carbocycles. The van der Waals surface area contributed by atoms with Crippen LogP contribution in [0.4, 0.5) is 0 Å². The molecule has 3 fully saturated rings. The van der Waals surface area contributed by atoms with Gasteiger partial charge in [0, 0.05) is 19.6 Å². The second-order valence-corrected chi connectivity index (χ2v) is 7.38. The lowest BCUT2D eigenvalue weighted by molar-refractivity contribution is -0.0778. The standard InChI is InChI=1S/C18H21NO6/c1-19-5-4-18-15(19)12-8-7-11(22-2)10(20)6-9(8)17(21)24-13(12)14(23-3)16(18)25-18/h6-7,12-16,20H,4-5H2,1-3H3/t12-,13+,14+,15+,16+,18-/m1/s1. The van der Waals surface area contributed by atoms with Gasteiger partial charge in [-0.3, -0.25) is 4.90 Å². The third-order valence-corrected chi connectivity index (χ3v) is 6.36. The van der Waals surface area contributed by atoms with Crippen molar-refractivity contribution in [2.45, 2.75) is 42.3 Å². The monoisotopic (exact) mass is 347 g/mol. The number of phenols is 1. The van der Waals surface area contributed by atoms with E-state index in [4.69, 9.17) is 18.9 Å². The summed E-state index contributed by atoms with van der Waals surface area (Å²) in [5.41, 5.74) is 0.997. The summed E-state index contributed by atoms with van der Waals surface area (Å²) in [4.78, 5) is 14.8. The number of ether oxygens (including phenoxy) is 4. The largest absolute Gasteiger partial charge is 0.504 e. The molecule has 0 amide bonds. The number of benzene rings is 1. The molecule has 6 atom stereocenters. The van der Waals surface area contributed by atoms with Crippen molar-refractivity contribution in [2.24, 2.45) is 0 Å². The average molecular weight is 347 g/mol. The molecule has 1 aliphatic carbocycles. The Morgan fingerprint density at radius 1 is 1.36 bits per heavy atom. The van der Waals surface area contributed by atoms with Crippen LogP contribution < -0.4 is 4.74 Å². The van der Waals surface area contributed by atoms with Crippen molar-refractivity contribution < 1.29 is 28.8 Å². The number of carbonyl (C=O) groups is 1. The molecule has 2 saturated heterocycles. The van der Waals surface area contributed by atoms with Crippen molar-refractivity contribution in [1.29, 1.82) is 0 Å². The van der Waals surface area contributed by atoms with Crippen LogP contribution in [0.15, 0.2) is 12.1 Å². The van der Waals surface area contributed by atoms with Crippen molar-refractivity contribution in [1.82, 2.24) is 4.90 Å². The van der Waals surface area contributed by atoms with E-state index in [2.05, 4.69) is 11.9 Å². The number of aromatic hydroxyl groups is 1. The minimum atomic E-state index is -0.440. The second kappa shape index (κ2) is 4.87. The molecule has 0 bridgehead atoms. The van der Waals surface area contributed by atoms with Gasteiger partial charge in [-0.15, -0.1) is 0 Å². The molecule has 25 heavy (non-hydrogen) atoms. The summed E-state index contributed by atoms with van der Waals surface area (Å²) in [5, 5.41) is 10.1. The highest BCUT2D eigenvalue weighted by atomic mass is 16.7. The van der Waals surface area contributed by atoms with Crippen molar-refractivity contribution in [3.8, 4) is 11.5 Å². The summed E-state index contributed by atoms with van der Waals surface area (Å²) < 4.78 is 22.9. The number of nitrogens with zero attached hydrogens (tertiary/aromatic N) is 1. The number of carbonyl (C=O) groups excluding carboxylic acids is 1. The van der Waals surface area contributed by atoms with E-state index >= 15 is 0 Å². The van der Waals surface area contributed by atoms with Crippen LogP contribution >= 0.6 is 0 Å². The van der Waals surface area contributed by atoms with Gasteiger partial charge in [0.15, 0.2) is 11.5 Å². The summed E-state index contributed by atoms with van der Waals surface area (Å²) in [7, 11) is 5.22. The lowest BCUT2D eigenvalue weighted by Gasteiger charge is -2.45. The molecule has 134 valence electrons. The topological polar surface area (TPSA) is 80.8 Å². The lowest BCUT2D eigenvalue weighted by Crippen LogP contribution is -2.59. The zero-order valence-electron chi connectivity index (χ0n) is 14.4. The molecule has 0 aromatic heterocycles. The summed E-state index contributed by atoms with van der Waals surface area (Å²) in [6, 6.07) is 3.31. The van der Waals surface area contributed by atoms with Crippen LogP contribution in [0.5, 0.6) is 11.5 Å². The fourth-order valence-corrected chi connectivity index (χ4v) is 5.26. The number of hydrogen-bond donors (Lipinski definition) is 1. The maximum absolute atomic E-state index is 12.6. The van der Waals surface area contributed by atoms with Crippen molar-refractivity contribution in [3.63, 3.8) is 0 Å². The van der Waals surface area contributed by atoms with Gasteiger partial charge >= 0.3 is 5.97 Å². The highest BCUT2D eigenvalue weighted by Gasteiger charge is 2.76. The molecule has 1 aromatic rings. The van der Waals surface area contributed by atoms with E-state index < -0.39 is 12.1 Å². The van der Waals surface area contributed by atoms with Crippen LogP contribution in [0.25, 0.3) is 0 Å². The highest BCUT2D eigenvalue weighted by molar-refractivity contribution is 5.94. The molecule has 4 aliphatic rings. The quantitative estimate of drug-likeness (QED) is 0.629. The number of hydrogen-bond acceptors (Lipinski definition) is 7. The van der Waals surface area contributed by atoms with Gasteiger partial charge in [0.05, 0.1) is 18.7 Å². The van der Waals surface area contributed by atoms with Crippen LogP contribution in [-0.4, -0.2) is 73.7 Å². The molecular formula is C18H21NO6. The Hall–Kier alpha value is -1.83. The van der Waals surface area contributed by atoms with Gasteiger partial charge in [0.1, 0.15) is 23.9 Å². The zero-order chi connectivity index (χ0) is 17.5. The van der Waals surface area contributed by atoms with E-state index in [1.807, 2.05) is 0 Å². The highest BCUT2D eigenvalue weighted by Crippen LogP contribution is 2.61. The smallest absolute Gasteiger partial charge is 0.338 e. The molecule has 3 aliphatic heterocycles. The fourth-order valence-electron chi connectivity index (χ4n) is 5.26. The normalized spacial score (nSPS) is 41.2. The first kappa shape index (κ1) is 15.4. The minimum absolute atomic E-state index is 0.0398. The Kier molecular flexibility index (Phi) is 3.01. The van der Waals surface area contributed by atoms with Crippen molar-refractivity contribution in [3.05, 3.63) is 23.3 Å². The molecule has 0 unspecified atom stereocenters. The van der Waals surface area contributed by atoms with Gasteiger partial charge in [-0.25, -0.2) is 4.79 Å². The van der Waals surface area contributed by atoms with Crippen LogP contribution in [0.2, 0.25) is 0 Å². The molecule has 7 nitrogen and oxygen atoms in total. The van der Waals surface area contributed by atoms with Crippen LogP contribution in [0.1, 0.15) is 28.3 Å². The number of methoxy groups -OCH3 is 2. The van der Waals surface area contributed by atoms with Gasteiger partial charge < -0.3 is 24.1 Å². The van der Waals surface area contributed by atoms with Gasteiger partial charge in [0.2, 0.25) is 0 Å². The Morgan fingerprint density at radius 3 is 2.88 bits per heavy atom. The fraction of sp³-hybridized carbons (Fsp3) is 0.611. The summed E-state index contributed by atoms with van der Waals surface area (Å²) in [5.74, 6) is -0.232. The van der Waals surface area contributed by atoms with E-state index in [-0.39, 0.29) is 35.5 Å². The maximum Gasteiger partial charge on any atom is 0.338 e. The molecule has 1 spiro atoms. The van der Waals surface area contributed by atoms with Gasteiger partial charge in [-0.1, -0.05) is 0 Å². The third kappa shape index (κ3) is 1.78. The number of likely N-dealkylation sites (N-methyl/N-ethyl adjacent to an activating group) is 1. The predicted octanol–water partition coefficient (Wildman–Crippen LogP) is 0.894. The Balaban J connectivity index is 1.70. The maximum atomic E-state index is 12.6. The molecule has 7 heteroatoms. The van der Waals surface area contributed by atoms with Gasteiger partial charge in [-0.2, -0.15) is 0 Å². The van der Waals surface area contributed by atoms with E-state index in [1.54, 1.807) is 13.2 Å². The first-order valence-electron chi connectivity index (χ1n) is 8.54. The van der Waals surface area contributed by atoms with E-state index in [1.165, 1.54) is 13.2 Å². The van der Waals surface area contributed by atoms with Crippen LogP contribution in [0.3, 0.4) is 0 Å². The molecule has 3 heterocycles. The van der Waals surface area contributed by atoms with Gasteiger partial charge in [-0.05, 0) is 31.2 Å². The SMILES string of the molecule is COc1cc2c(cc1O)C(=O)O[C@@H]1[C@H](OC)[C@@H]3O[C@@]34CCN(C)[C@H]4[C@H]21. The first-order chi connectivity index (χ1) is 12.0. The van der Waals surface area contributed by atoms with E-state index in [9.17, 15) is 9.90 Å². The third-order valence-electron chi connectivity index (χ3n) is 6.36. The number of rotatable bonds is 2. The molecule has 1 aromatic carbocycles. The molecule has 5 rings (SSSR count). The number of likely N-dealkylation sites (tertiary alicyclic amines) is 1. The van der Waals surface area contributed by atoms with Crippen LogP contribution in [-0.2, 0) is 14.2 Å². The van der Waals surface area contributed by atoms with Crippen LogP contribution in [0, 0.1) is 0 Å². The van der Waals surface area contributed by atoms with E-state index in [0.717, 1.165) is 18.5 Å². The minimum Gasteiger partial charge on any atom is -0.504 e. The summed E-state index contributed by atoms with van der Waals surface area (Å²) in [6.07, 6.45) is 0.206. The first-order valence-corrected chi connectivity index (χ1v) is 8.54. The van der Waals surface area contributed by atoms with Crippen molar-refractivity contribution in [2.75, 3.05) is 27.8 Å². The Labute approximate surface area is 145 Å². The summed E-state index contributed by atoms with van der Waals surface area (Å²) in [6.45, 7) is 0.930.